The third kappa shape index (κ3) is 5.40. The zero-order valence-corrected chi connectivity index (χ0v) is 12.6. The lowest BCUT2D eigenvalue weighted by Gasteiger charge is -2.19. The molecular formula is C15H24FNS. The smallest absolute Gasteiger partial charge is 0.123 e. The molecule has 18 heavy (non-hydrogen) atoms. The first kappa shape index (κ1) is 15.5. The summed E-state index contributed by atoms with van der Waals surface area (Å²) in [6.07, 6.45) is 0. The lowest BCUT2D eigenvalue weighted by Crippen LogP contribution is -2.23. The Morgan fingerprint density at radius 3 is 2.50 bits per heavy atom. The Morgan fingerprint density at radius 2 is 1.94 bits per heavy atom. The van der Waals surface area contributed by atoms with E-state index in [4.69, 9.17) is 0 Å². The molecule has 0 radical (unpaired) electrons. The van der Waals surface area contributed by atoms with E-state index in [-0.39, 0.29) is 11.9 Å². The molecule has 0 amide bonds. The van der Waals surface area contributed by atoms with Crippen LogP contribution in [0.5, 0.6) is 0 Å². The molecule has 1 unspecified atom stereocenters. The third-order valence-corrected chi connectivity index (χ3v) is 4.12. The van der Waals surface area contributed by atoms with Crippen molar-refractivity contribution in [2.45, 2.75) is 33.7 Å². The maximum atomic E-state index is 13.4. The summed E-state index contributed by atoms with van der Waals surface area (Å²) in [7, 11) is 0. The van der Waals surface area contributed by atoms with Crippen molar-refractivity contribution in [3.05, 3.63) is 35.1 Å². The van der Waals surface area contributed by atoms with Crippen LogP contribution in [0.1, 0.15) is 37.9 Å². The van der Waals surface area contributed by atoms with Crippen molar-refractivity contribution in [3.8, 4) is 0 Å². The Balaban J connectivity index is 2.70. The van der Waals surface area contributed by atoms with Crippen molar-refractivity contribution < 1.29 is 4.39 Å². The monoisotopic (exact) mass is 269 g/mol. The van der Waals surface area contributed by atoms with Gasteiger partial charge < -0.3 is 5.32 Å². The van der Waals surface area contributed by atoms with Gasteiger partial charge in [0, 0.05) is 11.8 Å². The van der Waals surface area contributed by atoms with Crippen LogP contribution in [0.4, 0.5) is 4.39 Å². The number of aryl methyl sites for hydroxylation is 1. The Labute approximate surface area is 115 Å². The largest absolute Gasteiger partial charge is 0.310 e. The van der Waals surface area contributed by atoms with Crippen LogP contribution < -0.4 is 5.32 Å². The number of benzene rings is 1. The quantitative estimate of drug-likeness (QED) is 0.797. The Bertz CT molecular complexity index is 345. The van der Waals surface area contributed by atoms with Crippen molar-refractivity contribution >= 4 is 11.8 Å². The average Bonchev–Trinajstić information content (AvgIpc) is 2.26. The van der Waals surface area contributed by atoms with Gasteiger partial charge in [-0.3, -0.25) is 0 Å². The van der Waals surface area contributed by atoms with E-state index >= 15 is 0 Å². The summed E-state index contributed by atoms with van der Waals surface area (Å²) < 4.78 is 13.4. The number of hydrogen-bond donors (Lipinski definition) is 1. The fourth-order valence-corrected chi connectivity index (χ4v) is 3.06. The second kappa shape index (κ2) is 7.80. The molecule has 0 aliphatic rings. The molecule has 0 heterocycles. The summed E-state index contributed by atoms with van der Waals surface area (Å²) in [5.74, 6) is 2.71. The molecule has 0 bridgehead atoms. The van der Waals surface area contributed by atoms with Crippen LogP contribution in [-0.2, 0) is 0 Å². The summed E-state index contributed by atoms with van der Waals surface area (Å²) in [5.41, 5.74) is 2.05. The molecule has 1 nitrogen and oxygen atoms in total. The standard InChI is InChI=1S/C15H24FNS/c1-5-17-15(10-18-9-11(2)3)13-6-12(4)7-14(16)8-13/h6-8,11,15,17H,5,9-10H2,1-4H3. The van der Waals surface area contributed by atoms with Gasteiger partial charge in [0.15, 0.2) is 0 Å². The van der Waals surface area contributed by atoms with E-state index < -0.39 is 0 Å². The minimum absolute atomic E-state index is 0.137. The van der Waals surface area contributed by atoms with Crippen LogP contribution in [-0.4, -0.2) is 18.1 Å². The highest BCUT2D eigenvalue weighted by molar-refractivity contribution is 7.99. The van der Waals surface area contributed by atoms with Crippen LogP contribution in [0.25, 0.3) is 0 Å². The van der Waals surface area contributed by atoms with E-state index in [1.807, 2.05) is 18.7 Å². The zero-order valence-electron chi connectivity index (χ0n) is 11.8. The van der Waals surface area contributed by atoms with Crippen molar-refractivity contribution in [2.75, 3.05) is 18.1 Å². The highest BCUT2D eigenvalue weighted by atomic mass is 32.2. The van der Waals surface area contributed by atoms with Crippen molar-refractivity contribution in [3.63, 3.8) is 0 Å². The van der Waals surface area contributed by atoms with E-state index in [0.717, 1.165) is 29.2 Å². The molecule has 0 saturated heterocycles. The number of halogens is 1. The SMILES string of the molecule is CCNC(CSCC(C)C)c1cc(C)cc(F)c1. The van der Waals surface area contributed by atoms with Crippen LogP contribution in [0.2, 0.25) is 0 Å². The molecule has 0 aliphatic heterocycles. The Hall–Kier alpha value is -0.540. The van der Waals surface area contributed by atoms with Gasteiger partial charge in [-0.2, -0.15) is 11.8 Å². The van der Waals surface area contributed by atoms with Gasteiger partial charge in [0.1, 0.15) is 5.82 Å². The fraction of sp³-hybridized carbons (Fsp3) is 0.600. The molecular weight excluding hydrogens is 245 g/mol. The van der Waals surface area contributed by atoms with Gasteiger partial charge in [-0.05, 0) is 48.4 Å². The molecule has 1 rings (SSSR count). The van der Waals surface area contributed by atoms with Crippen LogP contribution in [0.15, 0.2) is 18.2 Å². The first-order chi connectivity index (χ1) is 8.52. The molecule has 102 valence electrons. The summed E-state index contributed by atoms with van der Waals surface area (Å²) in [4.78, 5) is 0. The van der Waals surface area contributed by atoms with Crippen molar-refractivity contribution in [1.82, 2.24) is 5.32 Å². The fourth-order valence-electron chi connectivity index (χ4n) is 1.91. The lowest BCUT2D eigenvalue weighted by atomic mass is 10.1. The topological polar surface area (TPSA) is 12.0 Å². The molecule has 1 aromatic carbocycles. The van der Waals surface area contributed by atoms with Gasteiger partial charge in [-0.1, -0.05) is 26.8 Å². The van der Waals surface area contributed by atoms with Gasteiger partial charge in [-0.25, -0.2) is 4.39 Å². The van der Waals surface area contributed by atoms with E-state index in [1.54, 1.807) is 12.1 Å². The number of hydrogen-bond acceptors (Lipinski definition) is 2. The number of thioether (sulfide) groups is 1. The molecule has 0 spiro atoms. The van der Waals surface area contributed by atoms with Crippen LogP contribution in [0.3, 0.4) is 0 Å². The molecule has 1 atom stereocenters. The van der Waals surface area contributed by atoms with E-state index in [9.17, 15) is 4.39 Å². The number of rotatable bonds is 7. The lowest BCUT2D eigenvalue weighted by molar-refractivity contribution is 0.587. The summed E-state index contributed by atoms with van der Waals surface area (Å²) in [6.45, 7) is 9.38. The second-order valence-corrected chi connectivity index (χ2v) is 6.18. The minimum Gasteiger partial charge on any atom is -0.310 e. The molecule has 0 fully saturated rings. The van der Waals surface area contributed by atoms with E-state index in [1.165, 1.54) is 0 Å². The zero-order chi connectivity index (χ0) is 13.5. The number of nitrogens with one attached hydrogen (secondary N) is 1. The van der Waals surface area contributed by atoms with Crippen molar-refractivity contribution in [1.29, 1.82) is 0 Å². The van der Waals surface area contributed by atoms with Gasteiger partial charge in [0.2, 0.25) is 0 Å². The normalized spacial score (nSPS) is 13.0. The maximum absolute atomic E-state index is 13.4. The van der Waals surface area contributed by atoms with E-state index in [2.05, 4.69) is 32.2 Å². The van der Waals surface area contributed by atoms with Crippen LogP contribution in [0, 0.1) is 18.7 Å². The van der Waals surface area contributed by atoms with Gasteiger partial charge in [0.05, 0.1) is 0 Å². The summed E-state index contributed by atoms with van der Waals surface area (Å²) in [6, 6.07) is 5.55. The minimum atomic E-state index is -0.137. The molecule has 0 aliphatic carbocycles. The maximum Gasteiger partial charge on any atom is 0.123 e. The summed E-state index contributed by atoms with van der Waals surface area (Å²) >= 11 is 1.93. The first-order valence-electron chi connectivity index (χ1n) is 6.61. The average molecular weight is 269 g/mol. The summed E-state index contributed by atoms with van der Waals surface area (Å²) in [5, 5.41) is 3.44. The van der Waals surface area contributed by atoms with Gasteiger partial charge >= 0.3 is 0 Å². The molecule has 3 heteroatoms. The molecule has 0 aromatic heterocycles. The third-order valence-electron chi connectivity index (χ3n) is 2.65. The van der Waals surface area contributed by atoms with Gasteiger partial charge in [-0.15, -0.1) is 0 Å². The predicted molar refractivity (Wildman–Crippen MR) is 79.7 cm³/mol. The van der Waals surface area contributed by atoms with Crippen LogP contribution >= 0.6 is 11.8 Å². The first-order valence-corrected chi connectivity index (χ1v) is 7.76. The van der Waals surface area contributed by atoms with E-state index in [0.29, 0.717) is 5.92 Å². The second-order valence-electron chi connectivity index (χ2n) is 5.10. The predicted octanol–water partition coefficient (Wildman–Crippen LogP) is 4.17. The molecule has 0 saturated carbocycles. The molecule has 1 aromatic rings. The Morgan fingerprint density at radius 1 is 1.22 bits per heavy atom. The highest BCUT2D eigenvalue weighted by Gasteiger charge is 2.12. The van der Waals surface area contributed by atoms with Crippen molar-refractivity contribution in [2.24, 2.45) is 5.92 Å². The molecule has 1 N–H and O–H groups in total. The highest BCUT2D eigenvalue weighted by Crippen LogP contribution is 2.22. The van der Waals surface area contributed by atoms with Gasteiger partial charge in [0.25, 0.3) is 0 Å². The Kier molecular flexibility index (Phi) is 6.72.